The third kappa shape index (κ3) is 5.70. The van der Waals surface area contributed by atoms with Crippen LogP contribution in [0, 0.1) is 0 Å². The highest BCUT2D eigenvalue weighted by atomic mass is 35.5. The van der Waals surface area contributed by atoms with Crippen molar-refractivity contribution in [3.05, 3.63) is 70.7 Å². The average Bonchev–Trinajstić information content (AvgIpc) is 2.54. The van der Waals surface area contributed by atoms with Gasteiger partial charge in [-0.25, -0.2) is 0 Å². The lowest BCUT2D eigenvalue weighted by atomic mass is 10.2. The predicted octanol–water partition coefficient (Wildman–Crippen LogP) is 3.87. The van der Waals surface area contributed by atoms with Gasteiger partial charge in [0, 0.05) is 24.2 Å². The Labute approximate surface area is 143 Å². The number of hydrogen-bond donors (Lipinski definition) is 1. The van der Waals surface area contributed by atoms with Gasteiger partial charge in [-0.05, 0) is 31.0 Å². The molecule has 2 aromatic carbocycles. The summed E-state index contributed by atoms with van der Waals surface area (Å²) >= 11 is 6.11. The van der Waals surface area contributed by atoms with E-state index in [-0.39, 0.29) is 5.91 Å². The molecule has 0 aliphatic heterocycles. The normalized spacial score (nSPS) is 11.0. The Hall–Kier alpha value is -1.84. The van der Waals surface area contributed by atoms with E-state index in [0.717, 1.165) is 12.1 Å². The molecular weight excluding hydrogens is 308 g/mol. The van der Waals surface area contributed by atoms with Gasteiger partial charge < -0.3 is 5.32 Å². The zero-order valence-electron chi connectivity index (χ0n) is 13.6. The lowest BCUT2D eigenvalue weighted by molar-refractivity contribution is -0.123. The molecule has 0 saturated heterocycles. The molecule has 0 unspecified atom stereocenters. The molecule has 0 atom stereocenters. The lowest BCUT2D eigenvalue weighted by Crippen LogP contribution is -2.40. The van der Waals surface area contributed by atoms with Gasteiger partial charge in [0.05, 0.1) is 6.54 Å². The molecule has 0 heterocycles. The quantitative estimate of drug-likeness (QED) is 0.836. The molecule has 3 nitrogen and oxygen atoms in total. The van der Waals surface area contributed by atoms with Gasteiger partial charge in [-0.2, -0.15) is 0 Å². The van der Waals surface area contributed by atoms with Crippen molar-refractivity contribution in [2.75, 3.05) is 6.54 Å². The lowest BCUT2D eigenvalue weighted by Gasteiger charge is -2.26. The van der Waals surface area contributed by atoms with E-state index >= 15 is 0 Å². The third-order valence-corrected chi connectivity index (χ3v) is 4.11. The summed E-state index contributed by atoms with van der Waals surface area (Å²) in [6, 6.07) is 18.0. The van der Waals surface area contributed by atoms with Gasteiger partial charge in [-0.3, -0.25) is 9.69 Å². The second-order valence-corrected chi connectivity index (χ2v) is 6.26. The first-order chi connectivity index (χ1) is 11.1. The zero-order valence-corrected chi connectivity index (χ0v) is 14.4. The number of hydrogen-bond acceptors (Lipinski definition) is 2. The topological polar surface area (TPSA) is 32.3 Å². The van der Waals surface area contributed by atoms with E-state index in [9.17, 15) is 4.79 Å². The molecule has 0 fully saturated rings. The Bertz CT molecular complexity index is 628. The maximum absolute atomic E-state index is 12.2. The molecule has 1 amide bonds. The van der Waals surface area contributed by atoms with Gasteiger partial charge in [-0.1, -0.05) is 60.1 Å². The van der Waals surface area contributed by atoms with Crippen molar-refractivity contribution in [3.63, 3.8) is 0 Å². The minimum absolute atomic E-state index is 0.00884. The summed E-state index contributed by atoms with van der Waals surface area (Å²) < 4.78 is 0. The first kappa shape index (κ1) is 17.5. The third-order valence-electron chi connectivity index (χ3n) is 3.74. The molecule has 1 N–H and O–H groups in total. The molecule has 2 rings (SSSR count). The van der Waals surface area contributed by atoms with E-state index in [4.69, 9.17) is 11.6 Å². The molecule has 0 aromatic heterocycles. The van der Waals surface area contributed by atoms with Crippen LogP contribution in [0.25, 0.3) is 0 Å². The van der Waals surface area contributed by atoms with E-state index in [1.165, 1.54) is 5.56 Å². The van der Waals surface area contributed by atoms with Crippen molar-refractivity contribution in [2.24, 2.45) is 0 Å². The average molecular weight is 331 g/mol. The van der Waals surface area contributed by atoms with E-state index in [2.05, 4.69) is 36.2 Å². The summed E-state index contributed by atoms with van der Waals surface area (Å²) in [5, 5.41) is 3.62. The minimum atomic E-state index is 0.00884. The van der Waals surface area contributed by atoms with Gasteiger partial charge in [0.2, 0.25) is 5.91 Å². The summed E-state index contributed by atoms with van der Waals surface area (Å²) in [6.45, 7) is 5.79. The van der Waals surface area contributed by atoms with Crippen molar-refractivity contribution < 1.29 is 4.79 Å². The van der Waals surface area contributed by atoms with Gasteiger partial charge in [0.1, 0.15) is 0 Å². The first-order valence-electron chi connectivity index (χ1n) is 7.84. The molecule has 0 aliphatic carbocycles. The molecule has 0 saturated carbocycles. The highest BCUT2D eigenvalue weighted by molar-refractivity contribution is 6.31. The second-order valence-electron chi connectivity index (χ2n) is 5.85. The summed E-state index contributed by atoms with van der Waals surface area (Å²) in [6.07, 6.45) is 0. The predicted molar refractivity (Wildman–Crippen MR) is 95.3 cm³/mol. The Kier molecular flexibility index (Phi) is 6.63. The molecule has 4 heteroatoms. The second kappa shape index (κ2) is 8.70. The largest absolute Gasteiger partial charge is 0.351 e. The smallest absolute Gasteiger partial charge is 0.234 e. The van der Waals surface area contributed by atoms with Crippen molar-refractivity contribution >= 4 is 17.5 Å². The number of nitrogens with zero attached hydrogens (tertiary/aromatic N) is 1. The van der Waals surface area contributed by atoms with E-state index < -0.39 is 0 Å². The number of halogens is 1. The van der Waals surface area contributed by atoms with Crippen LogP contribution >= 0.6 is 11.6 Å². The highest BCUT2D eigenvalue weighted by Gasteiger charge is 2.14. The zero-order chi connectivity index (χ0) is 16.7. The van der Waals surface area contributed by atoms with E-state index in [0.29, 0.717) is 24.2 Å². The summed E-state index contributed by atoms with van der Waals surface area (Å²) in [5.41, 5.74) is 2.14. The highest BCUT2D eigenvalue weighted by Crippen LogP contribution is 2.14. The number of amides is 1. The minimum Gasteiger partial charge on any atom is -0.351 e. The van der Waals surface area contributed by atoms with Crippen molar-refractivity contribution in [1.29, 1.82) is 0 Å². The number of carbonyl (C=O) groups excluding carboxylic acids is 1. The summed E-state index contributed by atoms with van der Waals surface area (Å²) in [7, 11) is 0. The Balaban J connectivity index is 1.89. The van der Waals surface area contributed by atoms with Crippen LogP contribution in [0.3, 0.4) is 0 Å². The number of benzene rings is 2. The Morgan fingerprint density at radius 2 is 1.74 bits per heavy atom. The number of rotatable bonds is 7. The van der Waals surface area contributed by atoms with Crippen molar-refractivity contribution in [1.82, 2.24) is 10.2 Å². The van der Waals surface area contributed by atoms with Crippen LogP contribution in [0.1, 0.15) is 25.0 Å². The molecule has 0 spiro atoms. The molecule has 0 bridgehead atoms. The first-order valence-corrected chi connectivity index (χ1v) is 8.22. The Morgan fingerprint density at radius 3 is 2.39 bits per heavy atom. The number of nitrogens with one attached hydrogen (secondary N) is 1. The van der Waals surface area contributed by atoms with E-state index in [1.807, 2.05) is 42.5 Å². The van der Waals surface area contributed by atoms with Gasteiger partial charge in [-0.15, -0.1) is 0 Å². The van der Waals surface area contributed by atoms with Crippen LogP contribution < -0.4 is 5.32 Å². The van der Waals surface area contributed by atoms with Crippen LogP contribution in [-0.4, -0.2) is 23.4 Å². The van der Waals surface area contributed by atoms with Crippen LogP contribution in [-0.2, 0) is 17.9 Å². The van der Waals surface area contributed by atoms with Crippen molar-refractivity contribution in [3.8, 4) is 0 Å². The summed E-state index contributed by atoms with van der Waals surface area (Å²) in [4.78, 5) is 14.4. The fourth-order valence-electron chi connectivity index (χ4n) is 2.31. The van der Waals surface area contributed by atoms with Crippen LogP contribution in [0.5, 0.6) is 0 Å². The van der Waals surface area contributed by atoms with Crippen molar-refractivity contribution in [2.45, 2.75) is 33.0 Å². The maximum Gasteiger partial charge on any atom is 0.234 e. The monoisotopic (exact) mass is 330 g/mol. The Morgan fingerprint density at radius 1 is 1.09 bits per heavy atom. The molecule has 0 radical (unpaired) electrons. The van der Waals surface area contributed by atoms with Gasteiger partial charge in [0.25, 0.3) is 0 Å². The molecule has 2 aromatic rings. The SMILES string of the molecule is CC(C)N(CC(=O)NCc1ccccc1Cl)Cc1ccccc1. The summed E-state index contributed by atoms with van der Waals surface area (Å²) in [5.74, 6) is 0.00884. The molecule has 0 aliphatic rings. The molecular formula is C19H23ClN2O. The molecule has 23 heavy (non-hydrogen) atoms. The van der Waals surface area contributed by atoms with E-state index in [1.54, 1.807) is 0 Å². The number of carbonyl (C=O) groups is 1. The van der Waals surface area contributed by atoms with Crippen LogP contribution in [0.2, 0.25) is 5.02 Å². The van der Waals surface area contributed by atoms with Gasteiger partial charge in [0.15, 0.2) is 0 Å². The van der Waals surface area contributed by atoms with Crippen LogP contribution in [0.4, 0.5) is 0 Å². The van der Waals surface area contributed by atoms with Gasteiger partial charge >= 0.3 is 0 Å². The standard InChI is InChI=1S/C19H23ClN2O/c1-15(2)22(13-16-8-4-3-5-9-16)14-19(23)21-12-17-10-6-7-11-18(17)20/h3-11,15H,12-14H2,1-2H3,(H,21,23). The fourth-order valence-corrected chi connectivity index (χ4v) is 2.52. The molecule has 122 valence electrons. The fraction of sp³-hybridized carbons (Fsp3) is 0.316. The maximum atomic E-state index is 12.2. The van der Waals surface area contributed by atoms with Crippen LogP contribution in [0.15, 0.2) is 54.6 Å².